The highest BCUT2D eigenvalue weighted by atomic mass is 15.3. The smallest absolute Gasteiger partial charge is 0.0926 e. The van der Waals surface area contributed by atoms with Crippen LogP contribution in [0.25, 0.3) is 11.3 Å². The Balaban J connectivity index is 2.39. The largest absolute Gasteiger partial charge is 0.314 e. The molecule has 0 radical (unpaired) electrons. The molecule has 1 N–H and O–H groups in total. The van der Waals surface area contributed by atoms with Crippen molar-refractivity contribution in [3.63, 3.8) is 0 Å². The molecule has 0 bridgehead atoms. The second-order valence-electron chi connectivity index (χ2n) is 4.47. The molecule has 0 saturated heterocycles. The van der Waals surface area contributed by atoms with Crippen LogP contribution in [0.5, 0.6) is 0 Å². The second kappa shape index (κ2) is 4.72. The molecule has 3 heteroatoms. The van der Waals surface area contributed by atoms with Gasteiger partial charge in [-0.15, -0.1) is 0 Å². The number of hydrogen-bond acceptors (Lipinski definition) is 2. The van der Waals surface area contributed by atoms with E-state index < -0.39 is 0 Å². The van der Waals surface area contributed by atoms with Crippen molar-refractivity contribution in [1.29, 1.82) is 0 Å². The molecule has 0 aliphatic carbocycles. The maximum atomic E-state index is 4.55. The Morgan fingerprint density at radius 1 is 1.18 bits per heavy atom. The van der Waals surface area contributed by atoms with Crippen LogP contribution in [-0.4, -0.2) is 16.8 Å². The molecule has 1 aromatic carbocycles. The quantitative estimate of drug-likeness (QED) is 0.876. The minimum Gasteiger partial charge on any atom is -0.314 e. The van der Waals surface area contributed by atoms with Crippen LogP contribution < -0.4 is 5.32 Å². The van der Waals surface area contributed by atoms with E-state index in [2.05, 4.69) is 48.5 Å². The van der Waals surface area contributed by atoms with Crippen LogP contribution in [-0.2, 0) is 13.6 Å². The van der Waals surface area contributed by atoms with Crippen LogP contribution in [0.1, 0.15) is 16.8 Å². The number of nitrogens with zero attached hydrogens (tertiary/aromatic N) is 2. The van der Waals surface area contributed by atoms with Gasteiger partial charge in [0.25, 0.3) is 0 Å². The highest BCUT2D eigenvalue weighted by Crippen LogP contribution is 2.21. The molecule has 0 unspecified atom stereocenters. The standard InChI is InChI=1S/C14H19N3/c1-10-5-6-12(7-11(10)2)14-8-13(9-15-3)17(4)16-14/h5-8,15H,9H2,1-4H3. The molecule has 3 nitrogen and oxygen atoms in total. The van der Waals surface area contributed by atoms with Gasteiger partial charge >= 0.3 is 0 Å². The molecular weight excluding hydrogens is 210 g/mol. The summed E-state index contributed by atoms with van der Waals surface area (Å²) in [6, 6.07) is 8.62. The van der Waals surface area contributed by atoms with Crippen LogP contribution >= 0.6 is 0 Å². The molecule has 0 atom stereocenters. The van der Waals surface area contributed by atoms with Crippen LogP contribution in [0.3, 0.4) is 0 Å². The summed E-state index contributed by atoms with van der Waals surface area (Å²) in [7, 11) is 3.93. The fourth-order valence-electron chi connectivity index (χ4n) is 1.89. The first-order chi connectivity index (χ1) is 8.11. The molecule has 0 aliphatic heterocycles. The van der Waals surface area contributed by atoms with Crippen LogP contribution in [0, 0.1) is 13.8 Å². The molecule has 0 fully saturated rings. The number of nitrogens with one attached hydrogen (secondary N) is 1. The molecule has 0 spiro atoms. The van der Waals surface area contributed by atoms with E-state index in [1.807, 2.05) is 18.8 Å². The molecule has 0 amide bonds. The number of hydrogen-bond donors (Lipinski definition) is 1. The summed E-state index contributed by atoms with van der Waals surface area (Å²) in [4.78, 5) is 0. The molecule has 2 rings (SSSR count). The lowest BCUT2D eigenvalue weighted by atomic mass is 10.0. The number of aromatic nitrogens is 2. The fraction of sp³-hybridized carbons (Fsp3) is 0.357. The predicted molar refractivity (Wildman–Crippen MR) is 70.9 cm³/mol. The van der Waals surface area contributed by atoms with Gasteiger partial charge in [-0.3, -0.25) is 4.68 Å². The van der Waals surface area contributed by atoms with Gasteiger partial charge in [-0.2, -0.15) is 5.10 Å². The van der Waals surface area contributed by atoms with Crippen molar-refractivity contribution in [2.45, 2.75) is 20.4 Å². The first kappa shape index (κ1) is 11.9. The van der Waals surface area contributed by atoms with Crippen molar-refractivity contribution in [3.05, 3.63) is 41.1 Å². The minimum atomic E-state index is 0.842. The summed E-state index contributed by atoms with van der Waals surface area (Å²) >= 11 is 0. The highest BCUT2D eigenvalue weighted by Gasteiger charge is 2.07. The Kier molecular flexibility index (Phi) is 3.29. The van der Waals surface area contributed by atoms with Crippen molar-refractivity contribution >= 4 is 0 Å². The molecule has 0 saturated carbocycles. The SMILES string of the molecule is CNCc1cc(-c2ccc(C)c(C)c2)nn1C. The van der Waals surface area contributed by atoms with Gasteiger partial charge in [0, 0.05) is 19.2 Å². The highest BCUT2D eigenvalue weighted by molar-refractivity contribution is 5.61. The monoisotopic (exact) mass is 229 g/mol. The van der Waals surface area contributed by atoms with E-state index in [1.165, 1.54) is 22.4 Å². The van der Waals surface area contributed by atoms with Crippen molar-refractivity contribution in [1.82, 2.24) is 15.1 Å². The molecular formula is C14H19N3. The van der Waals surface area contributed by atoms with Gasteiger partial charge < -0.3 is 5.32 Å². The van der Waals surface area contributed by atoms with E-state index in [9.17, 15) is 0 Å². The summed E-state index contributed by atoms with van der Waals surface area (Å²) in [6.45, 7) is 5.11. The fourth-order valence-corrected chi connectivity index (χ4v) is 1.89. The van der Waals surface area contributed by atoms with E-state index in [0.717, 1.165) is 12.2 Å². The van der Waals surface area contributed by atoms with Gasteiger partial charge in [0.15, 0.2) is 0 Å². The van der Waals surface area contributed by atoms with E-state index >= 15 is 0 Å². The molecule has 17 heavy (non-hydrogen) atoms. The number of benzene rings is 1. The van der Waals surface area contributed by atoms with E-state index in [1.54, 1.807) is 0 Å². The minimum absolute atomic E-state index is 0.842. The van der Waals surface area contributed by atoms with Gasteiger partial charge in [-0.25, -0.2) is 0 Å². The van der Waals surface area contributed by atoms with E-state index in [4.69, 9.17) is 0 Å². The molecule has 1 heterocycles. The van der Waals surface area contributed by atoms with Crippen molar-refractivity contribution in [3.8, 4) is 11.3 Å². The van der Waals surface area contributed by atoms with Crippen LogP contribution in [0.4, 0.5) is 0 Å². The Bertz CT molecular complexity index is 526. The Labute approximate surface area is 102 Å². The molecule has 2 aromatic rings. The van der Waals surface area contributed by atoms with Crippen molar-refractivity contribution in [2.24, 2.45) is 7.05 Å². The van der Waals surface area contributed by atoms with Crippen molar-refractivity contribution < 1.29 is 0 Å². The second-order valence-corrected chi connectivity index (χ2v) is 4.47. The number of rotatable bonds is 3. The van der Waals surface area contributed by atoms with Gasteiger partial charge in [-0.1, -0.05) is 12.1 Å². The van der Waals surface area contributed by atoms with Gasteiger partial charge in [-0.05, 0) is 44.2 Å². The van der Waals surface area contributed by atoms with Gasteiger partial charge in [0.05, 0.1) is 11.4 Å². The average Bonchev–Trinajstić information content (AvgIpc) is 2.65. The Morgan fingerprint density at radius 3 is 2.59 bits per heavy atom. The lowest BCUT2D eigenvalue weighted by molar-refractivity contribution is 0.673. The van der Waals surface area contributed by atoms with Crippen LogP contribution in [0.2, 0.25) is 0 Å². The van der Waals surface area contributed by atoms with Crippen molar-refractivity contribution in [2.75, 3.05) is 7.05 Å². The van der Waals surface area contributed by atoms with E-state index in [0.29, 0.717) is 0 Å². The summed E-state index contributed by atoms with van der Waals surface area (Å²) < 4.78 is 1.93. The topological polar surface area (TPSA) is 29.9 Å². The molecule has 0 aliphatic rings. The third-order valence-electron chi connectivity index (χ3n) is 3.14. The molecule has 90 valence electrons. The predicted octanol–water partition coefficient (Wildman–Crippen LogP) is 2.42. The first-order valence-electron chi connectivity index (χ1n) is 5.87. The molecule has 1 aromatic heterocycles. The Hall–Kier alpha value is -1.61. The summed E-state index contributed by atoms with van der Waals surface area (Å²) in [5.74, 6) is 0. The zero-order valence-electron chi connectivity index (χ0n) is 10.9. The van der Waals surface area contributed by atoms with Crippen LogP contribution in [0.15, 0.2) is 24.3 Å². The maximum absolute atomic E-state index is 4.55. The van der Waals surface area contributed by atoms with Gasteiger partial charge in [0.1, 0.15) is 0 Å². The summed E-state index contributed by atoms with van der Waals surface area (Å²) in [5.41, 5.74) is 6.05. The Morgan fingerprint density at radius 2 is 1.94 bits per heavy atom. The van der Waals surface area contributed by atoms with E-state index in [-0.39, 0.29) is 0 Å². The number of aryl methyl sites for hydroxylation is 3. The lowest BCUT2D eigenvalue weighted by Gasteiger charge is -2.02. The zero-order valence-corrected chi connectivity index (χ0v) is 10.9. The van der Waals surface area contributed by atoms with Gasteiger partial charge in [0.2, 0.25) is 0 Å². The lowest BCUT2D eigenvalue weighted by Crippen LogP contribution is -2.09. The zero-order chi connectivity index (χ0) is 12.4. The third kappa shape index (κ3) is 2.39. The third-order valence-corrected chi connectivity index (χ3v) is 3.14. The first-order valence-corrected chi connectivity index (χ1v) is 5.87. The average molecular weight is 229 g/mol. The summed E-state index contributed by atoms with van der Waals surface area (Å²) in [5, 5.41) is 7.70. The summed E-state index contributed by atoms with van der Waals surface area (Å²) in [6.07, 6.45) is 0. The maximum Gasteiger partial charge on any atom is 0.0926 e. The normalized spacial score (nSPS) is 10.8.